The van der Waals surface area contributed by atoms with Crippen LogP contribution in [0.25, 0.3) is 0 Å². The predicted octanol–water partition coefficient (Wildman–Crippen LogP) is 4.51. The Labute approximate surface area is 182 Å². The van der Waals surface area contributed by atoms with Crippen molar-refractivity contribution in [3.63, 3.8) is 0 Å². The van der Waals surface area contributed by atoms with Crippen molar-refractivity contribution in [3.05, 3.63) is 89.5 Å². The Morgan fingerprint density at radius 2 is 0.871 bits per heavy atom. The van der Waals surface area contributed by atoms with Crippen LogP contribution in [0.2, 0.25) is 0 Å². The molecule has 0 unspecified atom stereocenters. The number of ether oxygens (including phenoxy) is 3. The lowest BCUT2D eigenvalue weighted by Gasteiger charge is -2.30. The second-order valence-corrected chi connectivity index (χ2v) is 7.72. The highest BCUT2D eigenvalue weighted by molar-refractivity contribution is 5.26. The van der Waals surface area contributed by atoms with Gasteiger partial charge in [-0.3, -0.25) is 0 Å². The van der Waals surface area contributed by atoms with E-state index in [1.165, 1.54) is 0 Å². The minimum atomic E-state index is -0.703. The van der Waals surface area contributed by atoms with E-state index in [4.69, 9.17) is 14.2 Å². The summed E-state index contributed by atoms with van der Waals surface area (Å²) in [6, 6.07) is 20.6. The first-order valence-electron chi connectivity index (χ1n) is 10.1. The minimum Gasteiger partial charge on any atom is -0.508 e. The lowest BCUT2D eigenvalue weighted by Crippen LogP contribution is -2.39. The summed E-state index contributed by atoms with van der Waals surface area (Å²) in [4.78, 5) is 0. The number of hydrogen-bond acceptors (Lipinski definition) is 6. The number of rotatable bonds is 11. The molecule has 0 spiro atoms. The quantitative estimate of drug-likeness (QED) is 0.420. The van der Waals surface area contributed by atoms with E-state index in [1.54, 1.807) is 36.4 Å². The summed E-state index contributed by atoms with van der Waals surface area (Å²) in [6.45, 7) is 3.67. The van der Waals surface area contributed by atoms with Crippen molar-refractivity contribution < 1.29 is 29.5 Å². The number of hydrogen-bond donors (Lipinski definition) is 3. The van der Waals surface area contributed by atoms with E-state index in [2.05, 4.69) is 0 Å². The van der Waals surface area contributed by atoms with Gasteiger partial charge in [0.25, 0.3) is 0 Å². The van der Waals surface area contributed by atoms with E-state index in [1.807, 2.05) is 43.3 Å². The van der Waals surface area contributed by atoms with Crippen LogP contribution in [0.3, 0.4) is 0 Å². The largest absolute Gasteiger partial charge is 0.508 e. The third-order valence-corrected chi connectivity index (χ3v) is 4.75. The lowest BCUT2D eigenvalue weighted by molar-refractivity contribution is -0.137. The summed E-state index contributed by atoms with van der Waals surface area (Å²) in [5.74, 6) is 0.642. The highest BCUT2D eigenvalue weighted by Crippen LogP contribution is 2.20. The molecule has 0 amide bonds. The normalized spacial score (nSPS) is 11.5. The van der Waals surface area contributed by atoms with Crippen LogP contribution < -0.4 is 0 Å². The van der Waals surface area contributed by atoms with Gasteiger partial charge in [-0.05, 0) is 60.0 Å². The Kier molecular flexibility index (Phi) is 7.89. The van der Waals surface area contributed by atoms with Gasteiger partial charge in [-0.1, -0.05) is 36.4 Å². The number of aromatic hydroxyl groups is 3. The van der Waals surface area contributed by atoms with E-state index < -0.39 is 5.60 Å². The first kappa shape index (κ1) is 22.6. The molecule has 6 heteroatoms. The standard InChI is InChI=1S/C25H28O6/c1-25(31-16-21-6-12-24(28)13-7-21,17-29-14-19-2-8-22(26)9-3-19)18-30-15-20-4-10-23(27)11-5-20/h2-13,26-28H,14-18H2,1H3. The zero-order valence-corrected chi connectivity index (χ0v) is 17.5. The van der Waals surface area contributed by atoms with Crippen molar-refractivity contribution in [1.82, 2.24) is 0 Å². The van der Waals surface area contributed by atoms with E-state index in [0.29, 0.717) is 33.0 Å². The number of phenolic OH excluding ortho intramolecular Hbond substituents is 3. The van der Waals surface area contributed by atoms with E-state index in [-0.39, 0.29) is 17.2 Å². The third kappa shape index (κ3) is 7.61. The summed E-state index contributed by atoms with van der Waals surface area (Å²) < 4.78 is 17.9. The van der Waals surface area contributed by atoms with Crippen LogP contribution in [0.1, 0.15) is 23.6 Å². The maximum absolute atomic E-state index is 9.46. The molecule has 0 atom stereocenters. The molecule has 0 aliphatic heterocycles. The molecule has 164 valence electrons. The molecule has 0 saturated heterocycles. The molecule has 0 bridgehead atoms. The molecule has 3 rings (SSSR count). The lowest BCUT2D eigenvalue weighted by atomic mass is 10.1. The molecule has 3 aromatic rings. The van der Waals surface area contributed by atoms with Crippen molar-refractivity contribution in [1.29, 1.82) is 0 Å². The first-order valence-corrected chi connectivity index (χ1v) is 10.1. The van der Waals surface area contributed by atoms with Gasteiger partial charge < -0.3 is 29.5 Å². The van der Waals surface area contributed by atoms with Gasteiger partial charge in [-0.15, -0.1) is 0 Å². The molecule has 0 heterocycles. The summed E-state index contributed by atoms with van der Waals surface area (Å²) in [7, 11) is 0. The Morgan fingerprint density at radius 3 is 1.23 bits per heavy atom. The van der Waals surface area contributed by atoms with Crippen molar-refractivity contribution in [2.45, 2.75) is 32.3 Å². The Morgan fingerprint density at radius 1 is 0.548 bits per heavy atom. The van der Waals surface area contributed by atoms with E-state index >= 15 is 0 Å². The Hall–Kier alpha value is -3.06. The van der Waals surface area contributed by atoms with Crippen LogP contribution in [-0.4, -0.2) is 34.1 Å². The molecule has 31 heavy (non-hydrogen) atoms. The minimum absolute atomic E-state index is 0.209. The SMILES string of the molecule is CC(COCc1ccc(O)cc1)(COCc1ccc(O)cc1)OCc1ccc(O)cc1. The molecule has 0 saturated carbocycles. The van der Waals surface area contributed by atoms with E-state index in [9.17, 15) is 15.3 Å². The average molecular weight is 424 g/mol. The smallest absolute Gasteiger partial charge is 0.115 e. The molecule has 6 nitrogen and oxygen atoms in total. The summed E-state index contributed by atoms with van der Waals surface area (Å²) in [5.41, 5.74) is 2.12. The van der Waals surface area contributed by atoms with Crippen LogP contribution in [-0.2, 0) is 34.0 Å². The van der Waals surface area contributed by atoms with Crippen LogP contribution >= 0.6 is 0 Å². The molecule has 3 N–H and O–H groups in total. The van der Waals surface area contributed by atoms with Crippen molar-refractivity contribution >= 4 is 0 Å². The molecule has 0 aliphatic carbocycles. The summed E-state index contributed by atoms with van der Waals surface area (Å²) >= 11 is 0. The second kappa shape index (κ2) is 10.8. The van der Waals surface area contributed by atoms with Crippen LogP contribution in [0, 0.1) is 0 Å². The fourth-order valence-electron chi connectivity index (χ4n) is 2.93. The maximum Gasteiger partial charge on any atom is 0.115 e. The molecule has 0 aromatic heterocycles. The molecule has 0 fully saturated rings. The van der Waals surface area contributed by atoms with Gasteiger partial charge >= 0.3 is 0 Å². The summed E-state index contributed by atoms with van der Waals surface area (Å²) in [5, 5.41) is 28.3. The zero-order chi connectivity index (χ0) is 22.1. The Balaban J connectivity index is 1.57. The molecular weight excluding hydrogens is 396 g/mol. The number of phenols is 3. The topological polar surface area (TPSA) is 88.4 Å². The van der Waals surface area contributed by atoms with Gasteiger partial charge in [0.05, 0.1) is 33.0 Å². The van der Waals surface area contributed by atoms with Crippen molar-refractivity contribution in [2.24, 2.45) is 0 Å². The molecule has 0 aliphatic rings. The van der Waals surface area contributed by atoms with Crippen LogP contribution in [0.15, 0.2) is 72.8 Å². The fourth-order valence-corrected chi connectivity index (χ4v) is 2.93. The highest BCUT2D eigenvalue weighted by Gasteiger charge is 2.26. The second-order valence-electron chi connectivity index (χ2n) is 7.72. The van der Waals surface area contributed by atoms with Crippen molar-refractivity contribution in [3.8, 4) is 17.2 Å². The maximum atomic E-state index is 9.46. The molecule has 3 aromatic carbocycles. The monoisotopic (exact) mass is 424 g/mol. The summed E-state index contributed by atoms with van der Waals surface area (Å²) in [6.07, 6.45) is 0. The van der Waals surface area contributed by atoms with Crippen LogP contribution in [0.5, 0.6) is 17.2 Å². The van der Waals surface area contributed by atoms with Gasteiger partial charge in [0.15, 0.2) is 0 Å². The van der Waals surface area contributed by atoms with Gasteiger partial charge in [0.1, 0.15) is 22.8 Å². The van der Waals surface area contributed by atoms with Gasteiger partial charge in [-0.2, -0.15) is 0 Å². The molecule has 0 radical (unpaired) electrons. The number of benzene rings is 3. The third-order valence-electron chi connectivity index (χ3n) is 4.75. The zero-order valence-electron chi connectivity index (χ0n) is 17.5. The predicted molar refractivity (Wildman–Crippen MR) is 117 cm³/mol. The van der Waals surface area contributed by atoms with Gasteiger partial charge in [-0.25, -0.2) is 0 Å². The first-order chi connectivity index (χ1) is 14.9. The van der Waals surface area contributed by atoms with Crippen molar-refractivity contribution in [2.75, 3.05) is 13.2 Å². The van der Waals surface area contributed by atoms with E-state index in [0.717, 1.165) is 16.7 Å². The Bertz CT molecular complexity index is 868. The van der Waals surface area contributed by atoms with Gasteiger partial charge in [0.2, 0.25) is 0 Å². The van der Waals surface area contributed by atoms with Gasteiger partial charge in [0, 0.05) is 0 Å². The highest BCUT2D eigenvalue weighted by atomic mass is 16.6. The average Bonchev–Trinajstić information content (AvgIpc) is 2.76. The molecular formula is C25H28O6. The fraction of sp³-hybridized carbons (Fsp3) is 0.280. The van der Waals surface area contributed by atoms with Crippen LogP contribution in [0.4, 0.5) is 0 Å².